The number of nitrogens with one attached hydrogen (secondary N) is 1. The van der Waals surface area contributed by atoms with Crippen LogP contribution in [0.25, 0.3) is 6.08 Å². The molecule has 3 amide bonds. The van der Waals surface area contributed by atoms with Crippen LogP contribution in [0.2, 0.25) is 0 Å². The van der Waals surface area contributed by atoms with E-state index in [2.05, 4.69) is 27.9 Å². The van der Waals surface area contributed by atoms with Crippen LogP contribution in [0.4, 0.5) is 19.3 Å². The van der Waals surface area contributed by atoms with Crippen LogP contribution in [0, 0.1) is 15.2 Å². The Kier molecular flexibility index (Phi) is 7.81. The lowest BCUT2D eigenvalue weighted by Gasteiger charge is -2.12. The number of anilines is 1. The molecule has 1 aliphatic rings. The maximum Gasteiger partial charge on any atom is 0.294 e. The van der Waals surface area contributed by atoms with E-state index in [-0.39, 0.29) is 23.0 Å². The number of halogens is 3. The molecule has 0 bridgehead atoms. The second kappa shape index (κ2) is 11.0. The summed E-state index contributed by atoms with van der Waals surface area (Å²) < 4.78 is 33.1. The number of benzene rings is 3. The van der Waals surface area contributed by atoms with Crippen LogP contribution < -0.4 is 10.1 Å². The van der Waals surface area contributed by atoms with Gasteiger partial charge in [0.2, 0.25) is 5.91 Å². The van der Waals surface area contributed by atoms with Crippen LogP contribution in [0.5, 0.6) is 5.75 Å². The number of amides is 3. The first-order chi connectivity index (χ1) is 16.8. The van der Waals surface area contributed by atoms with Crippen molar-refractivity contribution in [3.63, 3.8) is 0 Å². The average molecular weight is 606 g/mol. The summed E-state index contributed by atoms with van der Waals surface area (Å²) in [4.78, 5) is 38.3. The van der Waals surface area contributed by atoms with Crippen molar-refractivity contribution in [1.82, 2.24) is 4.90 Å². The number of thioether (sulfide) groups is 1. The van der Waals surface area contributed by atoms with Gasteiger partial charge in [-0.05, 0) is 94.0 Å². The van der Waals surface area contributed by atoms with Gasteiger partial charge in [0.25, 0.3) is 11.1 Å². The molecule has 0 saturated carbocycles. The van der Waals surface area contributed by atoms with Gasteiger partial charge in [-0.1, -0.05) is 24.3 Å². The Bertz CT molecular complexity index is 1350. The fourth-order valence-corrected chi connectivity index (χ4v) is 4.74. The number of rotatable bonds is 7. The normalized spacial score (nSPS) is 14.5. The van der Waals surface area contributed by atoms with E-state index in [1.54, 1.807) is 36.4 Å². The molecule has 0 unspecified atom stereocenters. The molecule has 178 valence electrons. The second-order valence-corrected chi connectivity index (χ2v) is 9.59. The first kappa shape index (κ1) is 24.9. The van der Waals surface area contributed by atoms with Crippen LogP contribution >= 0.6 is 34.4 Å². The predicted octanol–water partition coefficient (Wildman–Crippen LogP) is 5.82. The van der Waals surface area contributed by atoms with Gasteiger partial charge >= 0.3 is 0 Å². The molecule has 6 nitrogen and oxygen atoms in total. The molecule has 1 fully saturated rings. The third-order valence-corrected chi connectivity index (χ3v) is 6.57. The van der Waals surface area contributed by atoms with Crippen molar-refractivity contribution in [3.05, 3.63) is 98.0 Å². The Hall–Kier alpha value is -3.25. The van der Waals surface area contributed by atoms with Crippen LogP contribution in [0.3, 0.4) is 0 Å². The molecule has 1 saturated heterocycles. The van der Waals surface area contributed by atoms with Gasteiger partial charge in [-0.15, -0.1) is 0 Å². The molecule has 35 heavy (non-hydrogen) atoms. The lowest BCUT2D eigenvalue weighted by atomic mass is 10.2. The molecule has 0 aliphatic carbocycles. The van der Waals surface area contributed by atoms with Gasteiger partial charge in [-0.25, -0.2) is 8.78 Å². The highest BCUT2D eigenvalue weighted by Gasteiger charge is 2.36. The van der Waals surface area contributed by atoms with Gasteiger partial charge in [-0.2, -0.15) is 0 Å². The Labute approximate surface area is 217 Å². The average Bonchev–Trinajstić information content (AvgIpc) is 3.06. The molecule has 0 spiro atoms. The lowest BCUT2D eigenvalue weighted by Crippen LogP contribution is -2.36. The summed E-state index contributed by atoms with van der Waals surface area (Å²) in [6, 6.07) is 16.7. The summed E-state index contributed by atoms with van der Waals surface area (Å²) in [6.45, 7) is -0.285. The van der Waals surface area contributed by atoms with E-state index in [0.29, 0.717) is 16.9 Å². The van der Waals surface area contributed by atoms with E-state index < -0.39 is 29.4 Å². The topological polar surface area (TPSA) is 75.7 Å². The zero-order valence-electron chi connectivity index (χ0n) is 18.0. The Morgan fingerprint density at radius 2 is 1.77 bits per heavy atom. The van der Waals surface area contributed by atoms with Gasteiger partial charge in [0, 0.05) is 5.69 Å². The summed E-state index contributed by atoms with van der Waals surface area (Å²) in [5.41, 5.74) is 1.59. The molecule has 0 atom stereocenters. The first-order valence-electron chi connectivity index (χ1n) is 10.3. The Morgan fingerprint density at radius 1 is 1.03 bits per heavy atom. The molecule has 3 aromatic rings. The van der Waals surface area contributed by atoms with Crippen molar-refractivity contribution in [2.75, 3.05) is 11.9 Å². The van der Waals surface area contributed by atoms with Crippen molar-refractivity contribution in [1.29, 1.82) is 0 Å². The highest BCUT2D eigenvalue weighted by atomic mass is 127. The Balaban J connectivity index is 1.40. The van der Waals surface area contributed by atoms with Crippen molar-refractivity contribution >= 4 is 63.2 Å². The highest BCUT2D eigenvalue weighted by Crippen LogP contribution is 2.33. The number of carbonyl (C=O) groups is 3. The molecular formula is C25H17F2IN2O4S. The van der Waals surface area contributed by atoms with Gasteiger partial charge in [0.05, 0.1) is 8.48 Å². The van der Waals surface area contributed by atoms with Gasteiger partial charge in [0.15, 0.2) is 0 Å². The quantitative estimate of drug-likeness (QED) is 0.271. The van der Waals surface area contributed by atoms with Crippen molar-refractivity contribution < 1.29 is 27.9 Å². The summed E-state index contributed by atoms with van der Waals surface area (Å²) in [7, 11) is 0. The molecular weight excluding hydrogens is 589 g/mol. The van der Waals surface area contributed by atoms with E-state index in [9.17, 15) is 23.2 Å². The monoisotopic (exact) mass is 606 g/mol. The number of hydrogen-bond acceptors (Lipinski definition) is 5. The number of nitrogens with zero attached hydrogens (tertiary/aromatic N) is 1. The van der Waals surface area contributed by atoms with E-state index in [4.69, 9.17) is 4.74 Å². The zero-order chi connectivity index (χ0) is 24.9. The van der Waals surface area contributed by atoms with Crippen LogP contribution in [0.1, 0.15) is 11.1 Å². The molecule has 4 rings (SSSR count). The predicted molar refractivity (Wildman–Crippen MR) is 138 cm³/mol. The van der Waals surface area contributed by atoms with Gasteiger partial charge in [0.1, 0.15) is 30.5 Å². The number of imide groups is 1. The summed E-state index contributed by atoms with van der Waals surface area (Å²) in [6.07, 6.45) is 1.56. The van der Waals surface area contributed by atoms with Gasteiger partial charge in [-0.3, -0.25) is 19.3 Å². The molecule has 1 heterocycles. The molecule has 1 N–H and O–H groups in total. The van der Waals surface area contributed by atoms with Gasteiger partial charge < -0.3 is 10.1 Å². The summed E-state index contributed by atoms with van der Waals surface area (Å²) in [5, 5.41) is 1.90. The van der Waals surface area contributed by atoms with E-state index in [1.807, 2.05) is 0 Å². The first-order valence-corrected chi connectivity index (χ1v) is 12.2. The van der Waals surface area contributed by atoms with Crippen molar-refractivity contribution in [3.8, 4) is 5.75 Å². The number of hydrogen-bond donors (Lipinski definition) is 1. The lowest BCUT2D eigenvalue weighted by molar-refractivity contribution is -0.127. The largest absolute Gasteiger partial charge is 0.488 e. The minimum atomic E-state index is -0.617. The van der Waals surface area contributed by atoms with Crippen LogP contribution in [0.15, 0.2) is 71.6 Å². The molecule has 0 aromatic heterocycles. The van der Waals surface area contributed by atoms with Crippen molar-refractivity contribution in [2.45, 2.75) is 6.61 Å². The minimum Gasteiger partial charge on any atom is -0.488 e. The fraction of sp³-hybridized carbons (Fsp3) is 0.0800. The maximum atomic E-state index is 13.3. The number of carbonyl (C=O) groups excluding carboxylic acids is 3. The molecule has 3 aromatic carbocycles. The standard InChI is InChI=1S/C25H17F2IN2O4S/c26-17-4-1-3-16(9-17)14-34-21-8-7-15(10-20(21)28)11-22-24(32)30(25(33)35-22)13-23(31)29-19-6-2-5-18(27)12-19/h1-12H,13-14H2,(H,29,31)/b22-11+. The zero-order valence-corrected chi connectivity index (χ0v) is 20.9. The minimum absolute atomic E-state index is 0.179. The molecule has 0 radical (unpaired) electrons. The second-order valence-electron chi connectivity index (χ2n) is 7.43. The fourth-order valence-electron chi connectivity index (χ4n) is 3.21. The highest BCUT2D eigenvalue weighted by molar-refractivity contribution is 14.1. The summed E-state index contributed by atoms with van der Waals surface area (Å²) >= 11 is 2.82. The Morgan fingerprint density at radius 3 is 2.49 bits per heavy atom. The molecule has 10 heteroatoms. The molecule has 1 aliphatic heterocycles. The van der Waals surface area contributed by atoms with E-state index in [1.165, 1.54) is 30.3 Å². The smallest absolute Gasteiger partial charge is 0.294 e. The van der Waals surface area contributed by atoms with E-state index >= 15 is 0 Å². The van der Waals surface area contributed by atoms with E-state index in [0.717, 1.165) is 26.3 Å². The van der Waals surface area contributed by atoms with Crippen molar-refractivity contribution in [2.24, 2.45) is 0 Å². The maximum absolute atomic E-state index is 13.3. The van der Waals surface area contributed by atoms with Crippen LogP contribution in [-0.4, -0.2) is 28.5 Å². The third-order valence-electron chi connectivity index (χ3n) is 4.82. The third kappa shape index (κ3) is 6.45. The summed E-state index contributed by atoms with van der Waals surface area (Å²) in [5.74, 6) is -1.47. The SMILES string of the molecule is O=C(CN1C(=O)S/C(=C/c2ccc(OCc3cccc(F)c3)c(I)c2)C1=O)Nc1cccc(F)c1. The van der Waals surface area contributed by atoms with Crippen LogP contribution in [-0.2, 0) is 16.2 Å². The number of ether oxygens (including phenoxy) is 1.